The second-order valence-corrected chi connectivity index (χ2v) is 4.31. The van der Waals surface area contributed by atoms with Crippen molar-refractivity contribution in [1.29, 1.82) is 0 Å². The quantitative estimate of drug-likeness (QED) is 0.674. The van der Waals surface area contributed by atoms with Crippen LogP contribution in [0.2, 0.25) is 0 Å². The van der Waals surface area contributed by atoms with E-state index in [4.69, 9.17) is 4.74 Å². The van der Waals surface area contributed by atoms with Crippen LogP contribution in [-0.2, 0) is 0 Å². The van der Waals surface area contributed by atoms with Gasteiger partial charge in [-0.15, -0.1) is 0 Å². The van der Waals surface area contributed by atoms with Crippen molar-refractivity contribution in [3.8, 4) is 11.5 Å². The van der Waals surface area contributed by atoms with Crippen molar-refractivity contribution in [2.45, 2.75) is 19.4 Å². The highest BCUT2D eigenvalue weighted by Gasteiger charge is 2.17. The van der Waals surface area contributed by atoms with Gasteiger partial charge in [-0.05, 0) is 30.7 Å². The second kappa shape index (κ2) is 6.27. The normalized spacial score (nSPS) is 12.0. The Labute approximate surface area is 120 Å². The molecule has 0 aliphatic heterocycles. The van der Waals surface area contributed by atoms with E-state index in [9.17, 15) is 19.6 Å². The molecule has 0 saturated heterocycles. The molecule has 1 N–H and O–H groups in total. The molecule has 0 saturated carbocycles. The summed E-state index contributed by atoms with van der Waals surface area (Å²) >= 11 is 0. The molecule has 21 heavy (non-hydrogen) atoms. The van der Waals surface area contributed by atoms with Crippen LogP contribution in [-0.4, -0.2) is 15.0 Å². The van der Waals surface area contributed by atoms with Gasteiger partial charge in [-0.25, -0.2) is 4.39 Å². The Morgan fingerprint density at radius 2 is 2.19 bits per heavy atom. The van der Waals surface area contributed by atoms with Crippen molar-refractivity contribution in [2.24, 2.45) is 0 Å². The first-order chi connectivity index (χ1) is 10.0. The van der Waals surface area contributed by atoms with Gasteiger partial charge in [0.15, 0.2) is 0 Å². The minimum atomic E-state index is -0.721. The number of pyridine rings is 1. The number of hydrogen-bond donors (Lipinski definition) is 1. The van der Waals surface area contributed by atoms with Crippen LogP contribution in [0.25, 0.3) is 0 Å². The second-order valence-electron chi connectivity index (χ2n) is 4.31. The molecule has 0 fully saturated rings. The first kappa shape index (κ1) is 14.9. The van der Waals surface area contributed by atoms with Crippen LogP contribution in [0.1, 0.15) is 25.1 Å². The fourth-order valence-corrected chi connectivity index (χ4v) is 1.70. The van der Waals surface area contributed by atoms with Crippen molar-refractivity contribution >= 4 is 5.69 Å². The number of aliphatic hydroxyl groups excluding tert-OH is 1. The van der Waals surface area contributed by atoms with Crippen molar-refractivity contribution in [3.63, 3.8) is 0 Å². The number of rotatable bonds is 5. The van der Waals surface area contributed by atoms with Gasteiger partial charge in [0.2, 0.25) is 5.75 Å². The van der Waals surface area contributed by atoms with Gasteiger partial charge >= 0.3 is 5.69 Å². The molecule has 1 heterocycles. The number of aliphatic hydroxyl groups is 1. The summed E-state index contributed by atoms with van der Waals surface area (Å²) in [5, 5.41) is 20.5. The lowest BCUT2D eigenvalue weighted by Gasteiger charge is -2.09. The topological polar surface area (TPSA) is 85.5 Å². The summed E-state index contributed by atoms with van der Waals surface area (Å²) in [6, 6.07) is 6.15. The summed E-state index contributed by atoms with van der Waals surface area (Å²) in [6.45, 7) is 1.82. The first-order valence-corrected chi connectivity index (χ1v) is 6.27. The minimum Gasteiger partial charge on any atom is -0.449 e. The molecule has 0 amide bonds. The molecule has 0 radical (unpaired) electrons. The maximum Gasteiger partial charge on any atom is 0.314 e. The van der Waals surface area contributed by atoms with E-state index in [2.05, 4.69) is 4.98 Å². The fraction of sp³-hybridized carbons (Fsp3) is 0.214. The lowest BCUT2D eigenvalue weighted by molar-refractivity contribution is -0.385. The lowest BCUT2D eigenvalue weighted by atomic mass is 10.2. The number of aromatic nitrogens is 1. The van der Waals surface area contributed by atoms with Gasteiger partial charge in [-0.2, -0.15) is 0 Å². The van der Waals surface area contributed by atoms with E-state index < -0.39 is 22.5 Å². The van der Waals surface area contributed by atoms with E-state index in [1.54, 1.807) is 6.07 Å². The summed E-state index contributed by atoms with van der Waals surface area (Å²) in [4.78, 5) is 14.2. The number of benzene rings is 1. The number of ether oxygens (including phenoxy) is 1. The van der Waals surface area contributed by atoms with Crippen molar-refractivity contribution in [2.75, 3.05) is 0 Å². The number of nitrogens with zero attached hydrogens (tertiary/aromatic N) is 2. The molecule has 0 bridgehead atoms. The van der Waals surface area contributed by atoms with Crippen molar-refractivity contribution in [1.82, 2.24) is 4.98 Å². The van der Waals surface area contributed by atoms with Crippen molar-refractivity contribution in [3.05, 3.63) is 58.2 Å². The van der Waals surface area contributed by atoms with Gasteiger partial charge in [0.1, 0.15) is 11.6 Å². The molecule has 0 aliphatic rings. The lowest BCUT2D eigenvalue weighted by Crippen LogP contribution is -1.99. The van der Waals surface area contributed by atoms with E-state index in [1.165, 1.54) is 18.3 Å². The zero-order valence-corrected chi connectivity index (χ0v) is 11.2. The molecule has 1 atom stereocenters. The third kappa shape index (κ3) is 3.51. The Morgan fingerprint density at radius 3 is 2.76 bits per heavy atom. The third-order valence-electron chi connectivity index (χ3n) is 2.83. The molecular weight excluding hydrogens is 279 g/mol. The molecule has 6 nitrogen and oxygen atoms in total. The average Bonchev–Trinajstić information content (AvgIpc) is 2.49. The maximum absolute atomic E-state index is 13.0. The Kier molecular flexibility index (Phi) is 4.44. The summed E-state index contributed by atoms with van der Waals surface area (Å²) in [5.41, 5.74) is 0.0196. The summed E-state index contributed by atoms with van der Waals surface area (Å²) in [5.74, 6) is -0.530. The molecule has 2 rings (SSSR count). The maximum atomic E-state index is 13.0. The van der Waals surface area contributed by atoms with Gasteiger partial charge in [-0.1, -0.05) is 6.92 Å². The molecule has 0 aliphatic carbocycles. The largest absolute Gasteiger partial charge is 0.449 e. The van der Waals surface area contributed by atoms with Crippen LogP contribution in [0.15, 0.2) is 36.5 Å². The van der Waals surface area contributed by atoms with E-state index >= 15 is 0 Å². The highest BCUT2D eigenvalue weighted by molar-refractivity contribution is 5.48. The summed E-state index contributed by atoms with van der Waals surface area (Å²) < 4.78 is 18.4. The summed E-state index contributed by atoms with van der Waals surface area (Å²) in [7, 11) is 0. The number of halogens is 1. The number of nitro groups is 1. The molecule has 110 valence electrons. The Balaban J connectivity index is 2.24. The van der Waals surface area contributed by atoms with Crippen LogP contribution in [0.4, 0.5) is 10.1 Å². The zero-order valence-electron chi connectivity index (χ0n) is 11.2. The summed E-state index contributed by atoms with van der Waals surface area (Å²) in [6.07, 6.45) is 1.21. The molecular formula is C14H13FN2O4. The SMILES string of the molecule is CCC(O)c1ccc(Oc2ccc(F)cc2[N+](=O)[O-])cn1. The molecule has 1 aromatic heterocycles. The van der Waals surface area contributed by atoms with Crippen LogP contribution in [0.5, 0.6) is 11.5 Å². The van der Waals surface area contributed by atoms with Gasteiger partial charge < -0.3 is 9.84 Å². The molecule has 2 aromatic rings. The Hall–Kier alpha value is -2.54. The first-order valence-electron chi connectivity index (χ1n) is 6.27. The van der Waals surface area contributed by atoms with Crippen LogP contribution in [0, 0.1) is 15.9 Å². The van der Waals surface area contributed by atoms with Crippen molar-refractivity contribution < 1.29 is 19.2 Å². The standard InChI is InChI=1S/C14H13FN2O4/c1-2-13(18)11-5-4-10(8-16-11)21-14-6-3-9(15)7-12(14)17(19)20/h3-8,13,18H,2H2,1H3. The van der Waals surface area contributed by atoms with E-state index in [-0.39, 0.29) is 11.5 Å². The van der Waals surface area contributed by atoms with Gasteiger partial charge in [0.05, 0.1) is 29.0 Å². The highest BCUT2D eigenvalue weighted by atomic mass is 19.1. The van der Waals surface area contributed by atoms with E-state index in [0.29, 0.717) is 12.1 Å². The molecule has 1 unspecified atom stereocenters. The van der Waals surface area contributed by atoms with Crippen LogP contribution in [0.3, 0.4) is 0 Å². The van der Waals surface area contributed by atoms with Gasteiger partial charge in [0, 0.05) is 0 Å². The van der Waals surface area contributed by atoms with Crippen LogP contribution < -0.4 is 4.74 Å². The molecule has 0 spiro atoms. The highest BCUT2D eigenvalue weighted by Crippen LogP contribution is 2.31. The zero-order chi connectivity index (χ0) is 15.4. The van der Waals surface area contributed by atoms with Crippen LogP contribution >= 0.6 is 0 Å². The van der Waals surface area contributed by atoms with Gasteiger partial charge in [-0.3, -0.25) is 15.1 Å². The molecule has 7 heteroatoms. The van der Waals surface area contributed by atoms with E-state index in [0.717, 1.165) is 12.1 Å². The average molecular weight is 292 g/mol. The number of hydrogen-bond acceptors (Lipinski definition) is 5. The Bertz CT molecular complexity index is 646. The van der Waals surface area contributed by atoms with E-state index in [1.807, 2.05) is 6.92 Å². The predicted octanol–water partition coefficient (Wildman–Crippen LogP) is 3.36. The third-order valence-corrected chi connectivity index (χ3v) is 2.83. The number of nitro benzene ring substituents is 1. The predicted molar refractivity (Wildman–Crippen MR) is 72.6 cm³/mol. The monoisotopic (exact) mass is 292 g/mol. The molecule has 1 aromatic carbocycles. The Morgan fingerprint density at radius 1 is 1.43 bits per heavy atom. The smallest absolute Gasteiger partial charge is 0.314 e. The fourth-order valence-electron chi connectivity index (χ4n) is 1.70. The van der Waals surface area contributed by atoms with Gasteiger partial charge in [0.25, 0.3) is 0 Å². The minimum absolute atomic E-state index is 0.0769.